The van der Waals surface area contributed by atoms with E-state index in [2.05, 4.69) is 43.2 Å². The molecule has 1 N–H and O–H groups in total. The highest BCUT2D eigenvalue weighted by atomic mass is 79.9. The first-order valence-electron chi connectivity index (χ1n) is 5.84. The minimum absolute atomic E-state index is 0.612. The minimum atomic E-state index is 0.612. The molecule has 0 bridgehead atoms. The Morgan fingerprint density at radius 2 is 2.06 bits per heavy atom. The molecule has 0 saturated heterocycles. The Morgan fingerprint density at radius 1 is 1.33 bits per heavy atom. The second-order valence-corrected chi connectivity index (χ2v) is 4.96. The van der Waals surface area contributed by atoms with Gasteiger partial charge in [-0.15, -0.1) is 0 Å². The van der Waals surface area contributed by atoms with E-state index in [0.29, 0.717) is 5.95 Å². The molecular weight excluding hydrogens is 294 g/mol. The number of aryl methyl sites for hydroxylation is 1. The predicted molar refractivity (Wildman–Crippen MR) is 75.2 cm³/mol. The molecule has 2 rings (SSSR count). The molecule has 5 nitrogen and oxygen atoms in total. The van der Waals surface area contributed by atoms with Gasteiger partial charge in [-0.2, -0.15) is 10.1 Å². The Hall–Kier alpha value is -1.43. The molecule has 0 unspecified atom stereocenters. The molecular formula is C12H16BrN5. The standard InChI is InChI=1S/C12H16BrN5/c1-5-14-12-15-6-10(13)11(16-12)18-9(4)7(2)8(3)17-18/h6H,5H2,1-4H3,(H,14,15,16). The van der Waals surface area contributed by atoms with Crippen molar-refractivity contribution in [3.05, 3.63) is 27.6 Å². The van der Waals surface area contributed by atoms with E-state index in [0.717, 1.165) is 28.2 Å². The van der Waals surface area contributed by atoms with Gasteiger partial charge in [0.15, 0.2) is 5.82 Å². The fourth-order valence-corrected chi connectivity index (χ4v) is 2.04. The lowest BCUT2D eigenvalue weighted by Crippen LogP contribution is -2.08. The fraction of sp³-hybridized carbons (Fsp3) is 0.417. The van der Waals surface area contributed by atoms with Crippen LogP contribution in [0.15, 0.2) is 10.7 Å². The van der Waals surface area contributed by atoms with E-state index < -0.39 is 0 Å². The smallest absolute Gasteiger partial charge is 0.224 e. The fourth-order valence-electron chi connectivity index (χ4n) is 1.68. The van der Waals surface area contributed by atoms with Crippen molar-refractivity contribution in [3.8, 4) is 5.82 Å². The van der Waals surface area contributed by atoms with Gasteiger partial charge in [-0.1, -0.05) is 0 Å². The number of aromatic nitrogens is 4. The van der Waals surface area contributed by atoms with Gasteiger partial charge >= 0.3 is 0 Å². The molecule has 2 aromatic rings. The molecule has 2 heterocycles. The molecule has 0 aliphatic carbocycles. The summed E-state index contributed by atoms with van der Waals surface area (Å²) in [6, 6.07) is 0. The van der Waals surface area contributed by atoms with Gasteiger partial charge in [-0.25, -0.2) is 9.67 Å². The van der Waals surface area contributed by atoms with Crippen molar-refractivity contribution in [2.75, 3.05) is 11.9 Å². The zero-order valence-electron chi connectivity index (χ0n) is 11.0. The lowest BCUT2D eigenvalue weighted by molar-refractivity contribution is 0.795. The van der Waals surface area contributed by atoms with E-state index in [4.69, 9.17) is 0 Å². The van der Waals surface area contributed by atoms with Gasteiger partial charge in [0.05, 0.1) is 10.2 Å². The van der Waals surface area contributed by atoms with Gasteiger partial charge < -0.3 is 5.32 Å². The highest BCUT2D eigenvalue weighted by molar-refractivity contribution is 9.10. The Morgan fingerprint density at radius 3 is 2.61 bits per heavy atom. The quantitative estimate of drug-likeness (QED) is 0.947. The van der Waals surface area contributed by atoms with Crippen molar-refractivity contribution in [2.24, 2.45) is 0 Å². The zero-order chi connectivity index (χ0) is 13.3. The molecule has 96 valence electrons. The zero-order valence-corrected chi connectivity index (χ0v) is 12.5. The van der Waals surface area contributed by atoms with E-state index in [1.165, 1.54) is 5.56 Å². The largest absolute Gasteiger partial charge is 0.354 e. The van der Waals surface area contributed by atoms with Crippen LogP contribution in [0.1, 0.15) is 23.9 Å². The molecule has 0 aliphatic heterocycles. The van der Waals surface area contributed by atoms with Crippen LogP contribution in [0.4, 0.5) is 5.95 Å². The summed E-state index contributed by atoms with van der Waals surface area (Å²) in [6.45, 7) is 8.90. The highest BCUT2D eigenvalue weighted by Crippen LogP contribution is 2.22. The molecule has 0 saturated carbocycles. The maximum atomic E-state index is 4.51. The van der Waals surface area contributed by atoms with Crippen molar-refractivity contribution in [1.29, 1.82) is 0 Å². The number of hydrogen-bond donors (Lipinski definition) is 1. The topological polar surface area (TPSA) is 55.6 Å². The first kappa shape index (κ1) is 13.0. The molecule has 0 fully saturated rings. The number of nitrogens with zero attached hydrogens (tertiary/aromatic N) is 4. The molecule has 0 aromatic carbocycles. The van der Waals surface area contributed by atoms with Crippen LogP contribution in [-0.2, 0) is 0 Å². The monoisotopic (exact) mass is 309 g/mol. The lowest BCUT2D eigenvalue weighted by Gasteiger charge is -2.08. The first-order chi connectivity index (χ1) is 8.54. The summed E-state index contributed by atoms with van der Waals surface area (Å²) in [6.07, 6.45) is 1.74. The summed E-state index contributed by atoms with van der Waals surface area (Å²) in [5.74, 6) is 1.37. The SMILES string of the molecule is CCNc1ncc(Br)c(-n2nc(C)c(C)c2C)n1. The van der Waals surface area contributed by atoms with Crippen molar-refractivity contribution in [2.45, 2.75) is 27.7 Å². The summed E-state index contributed by atoms with van der Waals surface area (Å²) in [7, 11) is 0. The van der Waals surface area contributed by atoms with E-state index in [-0.39, 0.29) is 0 Å². The Balaban J connectivity index is 2.55. The van der Waals surface area contributed by atoms with E-state index >= 15 is 0 Å². The van der Waals surface area contributed by atoms with E-state index in [1.54, 1.807) is 6.20 Å². The van der Waals surface area contributed by atoms with E-state index in [1.807, 2.05) is 25.5 Å². The first-order valence-corrected chi connectivity index (χ1v) is 6.63. The van der Waals surface area contributed by atoms with Crippen LogP contribution in [0.5, 0.6) is 0 Å². The van der Waals surface area contributed by atoms with Gasteiger partial charge in [0.1, 0.15) is 0 Å². The van der Waals surface area contributed by atoms with Crippen LogP contribution in [0.3, 0.4) is 0 Å². The van der Waals surface area contributed by atoms with Crippen LogP contribution < -0.4 is 5.32 Å². The third kappa shape index (κ3) is 2.25. The van der Waals surface area contributed by atoms with Crippen LogP contribution >= 0.6 is 15.9 Å². The molecule has 2 aromatic heterocycles. The van der Waals surface area contributed by atoms with Crippen molar-refractivity contribution >= 4 is 21.9 Å². The predicted octanol–water partition coefficient (Wildman–Crippen LogP) is 2.78. The number of anilines is 1. The van der Waals surface area contributed by atoms with Crippen molar-refractivity contribution in [3.63, 3.8) is 0 Å². The lowest BCUT2D eigenvalue weighted by atomic mass is 10.2. The third-order valence-electron chi connectivity index (χ3n) is 2.91. The number of nitrogens with one attached hydrogen (secondary N) is 1. The average Bonchev–Trinajstić information content (AvgIpc) is 2.60. The van der Waals surface area contributed by atoms with Gasteiger partial charge in [-0.3, -0.25) is 0 Å². The van der Waals surface area contributed by atoms with E-state index in [9.17, 15) is 0 Å². The Kier molecular flexibility index (Phi) is 3.65. The molecule has 0 radical (unpaired) electrons. The summed E-state index contributed by atoms with van der Waals surface area (Å²) in [5, 5.41) is 7.61. The van der Waals surface area contributed by atoms with Crippen molar-refractivity contribution < 1.29 is 0 Å². The molecule has 0 spiro atoms. The second-order valence-electron chi connectivity index (χ2n) is 4.10. The molecule has 18 heavy (non-hydrogen) atoms. The number of halogens is 1. The second kappa shape index (κ2) is 5.06. The summed E-state index contributed by atoms with van der Waals surface area (Å²) in [5.41, 5.74) is 3.29. The third-order valence-corrected chi connectivity index (χ3v) is 3.47. The van der Waals surface area contributed by atoms with Gasteiger partial charge in [0.25, 0.3) is 0 Å². The van der Waals surface area contributed by atoms with Crippen molar-refractivity contribution in [1.82, 2.24) is 19.7 Å². The minimum Gasteiger partial charge on any atom is -0.354 e. The summed E-state index contributed by atoms with van der Waals surface area (Å²) in [4.78, 5) is 8.68. The molecule has 6 heteroatoms. The molecule has 0 atom stereocenters. The Labute approximate surface area is 115 Å². The van der Waals surface area contributed by atoms with Gasteiger partial charge in [0, 0.05) is 18.4 Å². The highest BCUT2D eigenvalue weighted by Gasteiger charge is 2.13. The van der Waals surface area contributed by atoms with Crippen LogP contribution in [0.25, 0.3) is 5.82 Å². The maximum absolute atomic E-state index is 4.51. The van der Waals surface area contributed by atoms with Crippen LogP contribution in [0.2, 0.25) is 0 Å². The number of rotatable bonds is 3. The number of hydrogen-bond acceptors (Lipinski definition) is 4. The average molecular weight is 310 g/mol. The maximum Gasteiger partial charge on any atom is 0.224 e. The molecule has 0 aliphatic rings. The summed E-state index contributed by atoms with van der Waals surface area (Å²) < 4.78 is 2.67. The molecule has 0 amide bonds. The normalized spacial score (nSPS) is 10.7. The summed E-state index contributed by atoms with van der Waals surface area (Å²) >= 11 is 3.47. The van der Waals surface area contributed by atoms with Gasteiger partial charge in [-0.05, 0) is 49.2 Å². The van der Waals surface area contributed by atoms with Crippen LogP contribution in [-0.4, -0.2) is 26.3 Å². The van der Waals surface area contributed by atoms with Crippen LogP contribution in [0, 0.1) is 20.8 Å². The van der Waals surface area contributed by atoms with Gasteiger partial charge in [0.2, 0.25) is 5.95 Å². The Bertz CT molecular complexity index is 576.